The van der Waals surface area contributed by atoms with E-state index in [4.69, 9.17) is 23.9 Å². The predicted molar refractivity (Wildman–Crippen MR) is 251 cm³/mol. The van der Waals surface area contributed by atoms with Crippen LogP contribution in [0.5, 0.6) is 11.6 Å². The number of morpholine rings is 1. The normalized spacial score (nSPS) is 29.4. The van der Waals surface area contributed by atoms with E-state index >= 15 is 4.79 Å². The van der Waals surface area contributed by atoms with E-state index in [2.05, 4.69) is 48.2 Å². The standard InChI is InChI=1S/C51H72N4O10S/c1-8-35-29-51(35,48(59)53-66(60,61)50(7)17-18-50)30-42(56)41-27-36-31-55(41)47(58)39(49(4,5)6)28-44(57)65-43-26-34(43)13-10-9-11-14-38-45(63-22-12-19-54-20-23-62-24-21-54)37-16-15-33(32(2)3)25-40(37)52-46(38)64-36/h8,15-16,25,32,34-36,39,41,43H,1,9-14,17-24,26-31H2,2-7H3,(H,53,59)/t34-,35-,36-,39-,41+,43-,51-/m1/s1. The molecule has 5 fully saturated rings. The fourth-order valence-corrected chi connectivity index (χ4v) is 11.6. The van der Waals surface area contributed by atoms with Crippen LogP contribution < -0.4 is 14.2 Å². The monoisotopic (exact) mass is 932 g/mol. The maximum absolute atomic E-state index is 15.1. The van der Waals surface area contributed by atoms with Crippen LogP contribution >= 0.6 is 0 Å². The third kappa shape index (κ3) is 10.5. The molecule has 15 heteroatoms. The van der Waals surface area contributed by atoms with Crippen molar-refractivity contribution in [1.29, 1.82) is 0 Å². The number of ketones is 1. The highest BCUT2D eigenvalue weighted by atomic mass is 32.2. The second-order valence-corrected chi connectivity index (χ2v) is 24.0. The zero-order valence-corrected chi connectivity index (χ0v) is 40.8. The van der Waals surface area contributed by atoms with Crippen LogP contribution in [0.2, 0.25) is 0 Å². The molecule has 0 radical (unpaired) electrons. The second kappa shape index (κ2) is 19.1. The Morgan fingerprint density at radius 1 is 1.08 bits per heavy atom. The summed E-state index contributed by atoms with van der Waals surface area (Å²) in [5, 5.41) is 0.907. The van der Waals surface area contributed by atoms with Crippen molar-refractivity contribution < 1.29 is 46.5 Å². The van der Waals surface area contributed by atoms with Crippen LogP contribution in [0, 0.1) is 28.6 Å². The number of aromatic nitrogens is 1. The van der Waals surface area contributed by atoms with Crippen LogP contribution in [0.15, 0.2) is 30.9 Å². The minimum Gasteiger partial charge on any atom is -0.492 e. The first-order chi connectivity index (χ1) is 31.3. The first-order valence-electron chi connectivity index (χ1n) is 24.6. The van der Waals surface area contributed by atoms with Crippen molar-refractivity contribution in [2.24, 2.45) is 28.6 Å². The molecule has 0 unspecified atom stereocenters. The van der Waals surface area contributed by atoms with Crippen molar-refractivity contribution in [3.8, 4) is 11.6 Å². The molecule has 66 heavy (non-hydrogen) atoms. The molecule has 3 saturated carbocycles. The van der Waals surface area contributed by atoms with Gasteiger partial charge >= 0.3 is 5.97 Å². The topological polar surface area (TPSA) is 171 Å². The Labute approximate surface area is 391 Å². The lowest BCUT2D eigenvalue weighted by Crippen LogP contribution is -2.49. The SMILES string of the molecule is C=C[C@@H]1C[C@]1(CC(=O)[C@@H]1C[C@@H]2CN1C(=O)[C@H](C(C)(C)C)CC(=O)O[C@@H]1C[C@H]1CCCCCc1c(nc3cc(C(C)C)ccc3c1OCCCN1CCOCC1)O2)C(=O)NS(=O)(=O)C1(C)CC1. The summed E-state index contributed by atoms with van der Waals surface area (Å²) < 4.78 is 53.2. The van der Waals surface area contributed by atoms with Gasteiger partial charge in [0.15, 0.2) is 5.78 Å². The van der Waals surface area contributed by atoms with E-state index in [1.165, 1.54) is 0 Å². The van der Waals surface area contributed by atoms with Gasteiger partial charge in [-0.05, 0) is 99.2 Å². The summed E-state index contributed by atoms with van der Waals surface area (Å²) in [4.78, 5) is 66.6. The fourth-order valence-electron chi connectivity index (χ4n) is 10.3. The van der Waals surface area contributed by atoms with E-state index < -0.39 is 61.5 Å². The summed E-state index contributed by atoms with van der Waals surface area (Å²) in [5.74, 6) is -1.42. The van der Waals surface area contributed by atoms with E-state index in [1.807, 2.05) is 20.8 Å². The second-order valence-electron chi connectivity index (χ2n) is 21.8. The number of nitrogens with one attached hydrogen (secondary N) is 1. The lowest BCUT2D eigenvalue weighted by molar-refractivity contribution is -0.154. The van der Waals surface area contributed by atoms with Gasteiger partial charge in [0, 0.05) is 37.9 Å². The van der Waals surface area contributed by atoms with Gasteiger partial charge in [-0.25, -0.2) is 13.4 Å². The molecule has 7 atom stereocenters. The van der Waals surface area contributed by atoms with Crippen LogP contribution in [0.25, 0.3) is 10.9 Å². The lowest BCUT2D eigenvalue weighted by atomic mass is 9.77. The smallest absolute Gasteiger partial charge is 0.306 e. The molecule has 1 N–H and O–H groups in total. The average Bonchev–Trinajstić information content (AvgIpc) is 4.23. The molecular weight excluding hydrogens is 861 g/mol. The fraction of sp³-hybridized carbons (Fsp3) is 0.706. The van der Waals surface area contributed by atoms with E-state index in [-0.39, 0.29) is 61.9 Å². The average molecular weight is 933 g/mol. The summed E-state index contributed by atoms with van der Waals surface area (Å²) in [6.07, 6.45) is 7.60. The molecule has 1 aromatic carbocycles. The summed E-state index contributed by atoms with van der Waals surface area (Å²) in [6.45, 7) is 20.2. The first kappa shape index (κ1) is 48.4. The number of nitrogens with zero attached hydrogens (tertiary/aromatic N) is 3. The molecule has 6 aliphatic rings. The van der Waals surface area contributed by atoms with Gasteiger partial charge in [0.05, 0.1) is 66.0 Å². The Bertz CT molecular complexity index is 2300. The number of carbonyl (C=O) groups excluding carboxylic acids is 4. The number of rotatable bonds is 13. The van der Waals surface area contributed by atoms with Gasteiger partial charge in [0.1, 0.15) is 18.0 Å². The van der Waals surface area contributed by atoms with Crippen LogP contribution in [-0.2, 0) is 45.1 Å². The molecule has 1 aromatic heterocycles. The number of hydrogen-bond acceptors (Lipinski definition) is 12. The number of esters is 1. The molecule has 14 nitrogen and oxygen atoms in total. The Kier molecular flexibility index (Phi) is 14.0. The maximum atomic E-state index is 15.1. The zero-order chi connectivity index (χ0) is 47.2. The summed E-state index contributed by atoms with van der Waals surface area (Å²) in [7, 11) is -3.97. The minimum atomic E-state index is -3.97. The van der Waals surface area contributed by atoms with Gasteiger partial charge in [0.2, 0.25) is 27.7 Å². The molecule has 2 aromatic rings. The predicted octanol–water partition coefficient (Wildman–Crippen LogP) is 7.06. The van der Waals surface area contributed by atoms with Gasteiger partial charge in [-0.15, -0.1) is 6.58 Å². The zero-order valence-electron chi connectivity index (χ0n) is 40.0. The van der Waals surface area contributed by atoms with Gasteiger partial charge in [-0.2, -0.15) is 0 Å². The van der Waals surface area contributed by atoms with Gasteiger partial charge in [0.25, 0.3) is 0 Å². The van der Waals surface area contributed by atoms with Gasteiger partial charge in [-0.3, -0.25) is 28.8 Å². The van der Waals surface area contributed by atoms with Gasteiger partial charge < -0.3 is 23.8 Å². The number of allylic oxidation sites excluding steroid dienone is 1. The van der Waals surface area contributed by atoms with E-state index in [9.17, 15) is 22.8 Å². The van der Waals surface area contributed by atoms with Crippen LogP contribution in [0.4, 0.5) is 0 Å². The van der Waals surface area contributed by atoms with E-state index in [1.54, 1.807) is 17.9 Å². The number of hydrogen-bond donors (Lipinski definition) is 1. The first-order valence-corrected chi connectivity index (χ1v) is 26.1. The lowest BCUT2D eigenvalue weighted by Gasteiger charge is -2.34. The Hall–Kier alpha value is -4.08. The quantitative estimate of drug-likeness (QED) is 0.124. The number of amides is 2. The molecule has 2 amide bonds. The highest BCUT2D eigenvalue weighted by Gasteiger charge is 2.62. The maximum Gasteiger partial charge on any atom is 0.306 e. The molecule has 4 heterocycles. The summed E-state index contributed by atoms with van der Waals surface area (Å²) in [6, 6.07) is 5.31. The Balaban J connectivity index is 1.14. The van der Waals surface area contributed by atoms with E-state index in [0.717, 1.165) is 99.2 Å². The molecule has 3 aliphatic heterocycles. The number of ether oxygens (including phenoxy) is 4. The van der Waals surface area contributed by atoms with Gasteiger partial charge in [-0.1, -0.05) is 59.6 Å². The number of fused-ring (bicyclic) bond motifs is 5. The number of Topliss-reactive ketones (excluding diaryl/α,β-unsaturated/α-hetero) is 1. The largest absolute Gasteiger partial charge is 0.492 e. The summed E-state index contributed by atoms with van der Waals surface area (Å²) >= 11 is 0. The van der Waals surface area contributed by atoms with Crippen LogP contribution in [0.3, 0.4) is 0 Å². The van der Waals surface area contributed by atoms with E-state index in [0.29, 0.717) is 31.7 Å². The summed E-state index contributed by atoms with van der Waals surface area (Å²) in [5.41, 5.74) is 0.721. The molecular formula is C51H72N4O10S. The van der Waals surface area contributed by atoms with Crippen LogP contribution in [0.1, 0.15) is 136 Å². The van der Waals surface area contributed by atoms with Crippen molar-refractivity contribution in [2.45, 2.75) is 154 Å². The molecule has 3 aliphatic carbocycles. The molecule has 2 saturated heterocycles. The van der Waals surface area contributed by atoms with Crippen LogP contribution in [-0.4, -0.2) is 116 Å². The molecule has 8 rings (SSSR count). The van der Waals surface area contributed by atoms with Crippen molar-refractivity contribution >= 4 is 44.5 Å². The van der Waals surface area contributed by atoms with Crippen molar-refractivity contribution in [1.82, 2.24) is 19.5 Å². The minimum absolute atomic E-state index is 0.0410. The highest BCUT2D eigenvalue weighted by molar-refractivity contribution is 7.91. The van der Waals surface area contributed by atoms with Crippen molar-refractivity contribution in [3.05, 3.63) is 42.0 Å². The number of carbonyl (C=O) groups is 4. The Morgan fingerprint density at radius 3 is 2.52 bits per heavy atom. The third-order valence-electron chi connectivity index (χ3n) is 15.4. The molecule has 0 spiro atoms. The molecule has 362 valence electrons. The number of pyridine rings is 1. The Morgan fingerprint density at radius 2 is 1.83 bits per heavy atom. The number of benzene rings is 1. The molecule has 2 bridgehead atoms. The number of sulfonamides is 1. The van der Waals surface area contributed by atoms with Crippen molar-refractivity contribution in [2.75, 3.05) is 46.0 Å². The highest BCUT2D eigenvalue weighted by Crippen LogP contribution is 2.57. The van der Waals surface area contributed by atoms with Crippen molar-refractivity contribution in [3.63, 3.8) is 0 Å². The third-order valence-corrected chi connectivity index (χ3v) is 17.6.